The number of nitrogens with zero attached hydrogens (tertiary/aromatic N) is 1. The van der Waals surface area contributed by atoms with E-state index in [1.807, 2.05) is 0 Å². The maximum atomic E-state index is 13.6. The topological polar surface area (TPSA) is 161 Å². The van der Waals surface area contributed by atoms with Gasteiger partial charge >= 0.3 is 0 Å². The summed E-state index contributed by atoms with van der Waals surface area (Å²) in [5.41, 5.74) is 2.50. The van der Waals surface area contributed by atoms with Gasteiger partial charge in [0.2, 0.25) is 5.78 Å². The van der Waals surface area contributed by atoms with Gasteiger partial charge in [0, 0.05) is 5.92 Å². The Bertz CT molecular complexity index is 1230. The second-order valence-corrected chi connectivity index (χ2v) is 8.29. The Morgan fingerprint density at radius 2 is 1.84 bits per heavy atom. The van der Waals surface area contributed by atoms with Crippen LogP contribution in [0.2, 0.25) is 0 Å². The number of phenolic OH excluding ortho intramolecular Hbond substituents is 2. The zero-order valence-corrected chi connectivity index (χ0v) is 17.1. The van der Waals surface area contributed by atoms with Gasteiger partial charge in [-0.3, -0.25) is 19.3 Å². The molecule has 0 bridgehead atoms. The first kappa shape index (κ1) is 20.8. The summed E-state index contributed by atoms with van der Waals surface area (Å²) in [6.07, 6.45) is -0.0484. The molecule has 2 aliphatic carbocycles. The molecule has 1 amide bonds. The third-order valence-electron chi connectivity index (χ3n) is 6.51. The molecule has 0 spiro atoms. The number of aliphatic hydroxyl groups excluding tert-OH is 1. The summed E-state index contributed by atoms with van der Waals surface area (Å²) in [5, 5.41) is 43.9. The zero-order valence-electron chi connectivity index (χ0n) is 17.1. The average molecular weight is 426 g/mol. The van der Waals surface area contributed by atoms with Crippen LogP contribution in [-0.2, 0) is 16.0 Å². The van der Waals surface area contributed by atoms with E-state index < -0.39 is 52.1 Å². The lowest BCUT2D eigenvalue weighted by Gasteiger charge is -2.47. The molecule has 2 aliphatic rings. The average Bonchev–Trinajstić information content (AvgIpc) is 2.68. The van der Waals surface area contributed by atoms with Crippen molar-refractivity contribution < 1.29 is 34.8 Å². The molecule has 31 heavy (non-hydrogen) atoms. The van der Waals surface area contributed by atoms with Crippen molar-refractivity contribution in [3.63, 3.8) is 0 Å². The Kier molecular flexibility index (Phi) is 4.39. The van der Waals surface area contributed by atoms with Crippen molar-refractivity contribution in [3.05, 3.63) is 46.2 Å². The Morgan fingerprint density at radius 3 is 2.42 bits per heavy atom. The standard InChI is InChI=1S/C22H22N2O7/c1-8-9-5-4-6-12(25)13(9)17(26)14-10(8)7-11-16(24(2)3)18(27)15(21(23)30)20(29)22(11,31)19(14)28/h4-6,11,16,25-26,29,31H,7H2,1-3H3,(H2,23,30)/t11?,16-,22+/m1/s1. The maximum absolute atomic E-state index is 13.6. The summed E-state index contributed by atoms with van der Waals surface area (Å²) in [6.45, 7) is 1.71. The first-order valence-electron chi connectivity index (χ1n) is 9.61. The SMILES string of the molecule is Cc1c2c(c(O)c3c(O)cccc13)C(=O)[C@]1(O)C(O)=C(C(N)=O)C(=O)[C@H](N(C)C)C1C2. The molecule has 4 rings (SSSR count). The number of aromatic hydroxyl groups is 2. The van der Waals surface area contributed by atoms with Crippen LogP contribution in [0.5, 0.6) is 11.5 Å². The summed E-state index contributed by atoms with van der Waals surface area (Å²) in [7, 11) is 3.10. The minimum Gasteiger partial charge on any atom is -0.508 e. The van der Waals surface area contributed by atoms with E-state index in [1.54, 1.807) is 33.2 Å². The van der Waals surface area contributed by atoms with Crippen molar-refractivity contribution in [1.29, 1.82) is 0 Å². The molecule has 9 nitrogen and oxygen atoms in total. The lowest BCUT2D eigenvalue weighted by atomic mass is 9.61. The van der Waals surface area contributed by atoms with E-state index in [0.29, 0.717) is 16.5 Å². The number of ketones is 2. The maximum Gasteiger partial charge on any atom is 0.255 e. The van der Waals surface area contributed by atoms with Gasteiger partial charge in [-0.15, -0.1) is 0 Å². The number of rotatable bonds is 2. The molecule has 0 saturated carbocycles. The molecule has 0 radical (unpaired) electrons. The first-order chi connectivity index (χ1) is 14.4. The van der Waals surface area contributed by atoms with E-state index in [4.69, 9.17) is 5.73 Å². The van der Waals surface area contributed by atoms with Gasteiger partial charge in [-0.05, 0) is 50.0 Å². The largest absolute Gasteiger partial charge is 0.508 e. The van der Waals surface area contributed by atoms with E-state index in [2.05, 4.69) is 0 Å². The summed E-state index contributed by atoms with van der Waals surface area (Å²) in [6, 6.07) is 3.50. The Hall–Kier alpha value is -3.43. The van der Waals surface area contributed by atoms with Crippen molar-refractivity contribution in [2.24, 2.45) is 11.7 Å². The molecule has 0 saturated heterocycles. The summed E-state index contributed by atoms with van der Waals surface area (Å²) >= 11 is 0. The second-order valence-electron chi connectivity index (χ2n) is 8.29. The Balaban J connectivity index is 2.11. The van der Waals surface area contributed by atoms with Gasteiger partial charge in [0.15, 0.2) is 11.4 Å². The van der Waals surface area contributed by atoms with Crippen LogP contribution >= 0.6 is 0 Å². The molecule has 0 fully saturated rings. The molecule has 162 valence electrons. The van der Waals surface area contributed by atoms with Crippen LogP contribution in [0.3, 0.4) is 0 Å². The van der Waals surface area contributed by atoms with E-state index in [-0.39, 0.29) is 23.1 Å². The monoisotopic (exact) mass is 426 g/mol. The highest BCUT2D eigenvalue weighted by Crippen LogP contribution is 2.50. The molecule has 2 aromatic rings. The lowest BCUT2D eigenvalue weighted by molar-refractivity contribution is -0.132. The van der Waals surface area contributed by atoms with Crippen LogP contribution in [0.25, 0.3) is 10.8 Å². The highest BCUT2D eigenvalue weighted by atomic mass is 16.3. The fraction of sp³-hybridized carbons (Fsp3) is 0.318. The first-order valence-corrected chi connectivity index (χ1v) is 9.61. The van der Waals surface area contributed by atoms with Crippen molar-refractivity contribution in [2.75, 3.05) is 14.1 Å². The molecule has 9 heteroatoms. The minimum atomic E-state index is -2.65. The summed E-state index contributed by atoms with van der Waals surface area (Å²) < 4.78 is 0. The van der Waals surface area contributed by atoms with Crippen LogP contribution in [0.4, 0.5) is 0 Å². The van der Waals surface area contributed by atoms with E-state index in [9.17, 15) is 34.8 Å². The Morgan fingerprint density at radius 1 is 1.19 bits per heavy atom. The van der Waals surface area contributed by atoms with Gasteiger partial charge in [0.05, 0.1) is 17.0 Å². The zero-order chi connectivity index (χ0) is 23.0. The van der Waals surface area contributed by atoms with Crippen LogP contribution in [0.15, 0.2) is 29.5 Å². The highest BCUT2D eigenvalue weighted by Gasteiger charge is 2.62. The quantitative estimate of drug-likeness (QED) is 0.433. The number of nitrogens with two attached hydrogens (primary N) is 1. The fourth-order valence-electron chi connectivity index (χ4n) is 5.04. The van der Waals surface area contributed by atoms with Crippen LogP contribution in [0, 0.1) is 12.8 Å². The minimum absolute atomic E-state index is 0.0313. The number of amides is 1. The van der Waals surface area contributed by atoms with Crippen LogP contribution < -0.4 is 5.73 Å². The van der Waals surface area contributed by atoms with Crippen molar-refractivity contribution >= 4 is 28.2 Å². The number of primary amides is 1. The second kappa shape index (κ2) is 6.53. The van der Waals surface area contributed by atoms with Gasteiger partial charge in [-0.1, -0.05) is 12.1 Å². The molecular formula is C22H22N2O7. The number of carbonyl (C=O) groups excluding carboxylic acids is 3. The molecule has 0 aromatic heterocycles. The third kappa shape index (κ3) is 2.47. The van der Waals surface area contributed by atoms with E-state index >= 15 is 0 Å². The third-order valence-corrected chi connectivity index (χ3v) is 6.51. The number of benzene rings is 2. The Labute approximate surface area is 177 Å². The number of phenols is 2. The molecule has 1 unspecified atom stereocenters. The number of hydrogen-bond donors (Lipinski definition) is 5. The van der Waals surface area contributed by atoms with Crippen LogP contribution in [-0.4, -0.2) is 68.5 Å². The van der Waals surface area contributed by atoms with Gasteiger partial charge in [-0.25, -0.2) is 0 Å². The number of fused-ring (bicyclic) bond motifs is 3. The number of carbonyl (C=O) groups is 3. The van der Waals surface area contributed by atoms with Crippen molar-refractivity contribution in [1.82, 2.24) is 4.90 Å². The van der Waals surface area contributed by atoms with Gasteiger partial charge < -0.3 is 26.2 Å². The van der Waals surface area contributed by atoms with E-state index in [1.165, 1.54) is 11.0 Å². The highest BCUT2D eigenvalue weighted by molar-refractivity contribution is 6.25. The number of aryl methyl sites for hydroxylation is 1. The van der Waals surface area contributed by atoms with E-state index in [0.717, 1.165) is 0 Å². The number of aliphatic hydroxyl groups is 2. The lowest BCUT2D eigenvalue weighted by Crippen LogP contribution is -2.64. The predicted octanol–water partition coefficient (Wildman–Crippen LogP) is 0.456. The van der Waals surface area contributed by atoms with Crippen molar-refractivity contribution in [2.45, 2.75) is 25.0 Å². The fourth-order valence-corrected chi connectivity index (χ4v) is 5.04. The number of likely N-dealkylation sites (N-methyl/N-ethyl adjacent to an activating group) is 1. The smallest absolute Gasteiger partial charge is 0.255 e. The van der Waals surface area contributed by atoms with Gasteiger partial charge in [0.1, 0.15) is 22.8 Å². The number of hydrogen-bond acceptors (Lipinski definition) is 8. The normalized spacial score (nSPS) is 25.7. The van der Waals surface area contributed by atoms with Gasteiger partial charge in [0.25, 0.3) is 5.91 Å². The van der Waals surface area contributed by atoms with Crippen molar-refractivity contribution in [3.8, 4) is 11.5 Å². The molecule has 3 atom stereocenters. The summed E-state index contributed by atoms with van der Waals surface area (Å²) in [5.74, 6) is -6.18. The van der Waals surface area contributed by atoms with Gasteiger partial charge in [-0.2, -0.15) is 0 Å². The van der Waals surface area contributed by atoms with Crippen LogP contribution in [0.1, 0.15) is 21.5 Å². The molecule has 2 aromatic carbocycles. The molecular weight excluding hydrogens is 404 g/mol. The predicted molar refractivity (Wildman–Crippen MR) is 110 cm³/mol. The molecule has 6 N–H and O–H groups in total. The molecule has 0 aliphatic heterocycles. The molecule has 0 heterocycles. The summed E-state index contributed by atoms with van der Waals surface area (Å²) in [4.78, 5) is 39.9. The number of Topliss-reactive ketones (excluding diaryl/α,β-unsaturated/α-hetero) is 2.